The van der Waals surface area contributed by atoms with Gasteiger partial charge >= 0.3 is 0 Å². The van der Waals surface area contributed by atoms with Gasteiger partial charge in [-0.05, 0) is 42.8 Å². The second-order valence-electron chi connectivity index (χ2n) is 4.61. The highest BCUT2D eigenvalue weighted by Crippen LogP contribution is 2.27. The summed E-state index contributed by atoms with van der Waals surface area (Å²) in [5.74, 6) is 1.93. The summed E-state index contributed by atoms with van der Waals surface area (Å²) < 4.78 is 10.8. The van der Waals surface area contributed by atoms with Crippen LogP contribution in [0.4, 0.5) is 5.69 Å². The fraction of sp³-hybridized carbons (Fsp3) is 0.333. The molecule has 0 amide bonds. The van der Waals surface area contributed by atoms with Crippen molar-refractivity contribution < 1.29 is 9.15 Å². The molecule has 4 nitrogen and oxygen atoms in total. The molecule has 0 spiro atoms. The van der Waals surface area contributed by atoms with E-state index >= 15 is 0 Å². The molecule has 0 unspecified atom stereocenters. The maximum Gasteiger partial charge on any atom is 0.142 e. The van der Waals surface area contributed by atoms with Crippen molar-refractivity contribution >= 4 is 5.69 Å². The van der Waals surface area contributed by atoms with Crippen molar-refractivity contribution in [3.63, 3.8) is 0 Å². The van der Waals surface area contributed by atoms with Gasteiger partial charge in [-0.25, -0.2) is 0 Å². The minimum absolute atomic E-state index is 0.747. The number of fused-ring (bicyclic) bond motifs is 1. The van der Waals surface area contributed by atoms with Gasteiger partial charge in [0.05, 0.1) is 18.5 Å². The van der Waals surface area contributed by atoms with Crippen LogP contribution in [0.5, 0.6) is 5.75 Å². The number of rotatable bonds is 5. The lowest BCUT2D eigenvalue weighted by molar-refractivity contribution is 0.323. The van der Waals surface area contributed by atoms with Crippen molar-refractivity contribution in [3.8, 4) is 5.75 Å². The van der Waals surface area contributed by atoms with Gasteiger partial charge in [0.2, 0.25) is 0 Å². The van der Waals surface area contributed by atoms with Crippen molar-refractivity contribution in [3.05, 3.63) is 47.9 Å². The molecule has 0 fully saturated rings. The van der Waals surface area contributed by atoms with Crippen LogP contribution < -0.4 is 15.4 Å². The van der Waals surface area contributed by atoms with Gasteiger partial charge in [-0.1, -0.05) is 6.07 Å². The van der Waals surface area contributed by atoms with Gasteiger partial charge < -0.3 is 19.8 Å². The number of nitrogens with one attached hydrogen (secondary N) is 2. The minimum Gasteiger partial charge on any atom is -0.490 e. The molecule has 0 aliphatic carbocycles. The van der Waals surface area contributed by atoms with E-state index in [1.165, 1.54) is 5.56 Å². The van der Waals surface area contributed by atoms with Crippen molar-refractivity contribution in [2.45, 2.75) is 13.0 Å². The predicted octanol–water partition coefficient (Wildman–Crippen LogP) is 2.42. The van der Waals surface area contributed by atoms with Crippen LogP contribution >= 0.6 is 0 Å². The molecule has 1 aliphatic heterocycles. The lowest BCUT2D eigenvalue weighted by Crippen LogP contribution is -2.19. The van der Waals surface area contributed by atoms with Gasteiger partial charge in [-0.3, -0.25) is 0 Å². The standard InChI is InChI=1S/C15H18N2O2/c1-2-13(18-8-1)11-16-6-5-12-3-4-15-14(10-12)17-7-9-19-15/h1-4,8,10,16-17H,5-7,9,11H2. The van der Waals surface area contributed by atoms with Gasteiger partial charge in [0, 0.05) is 6.54 Å². The Bertz CT molecular complexity index is 523. The summed E-state index contributed by atoms with van der Waals surface area (Å²) in [6, 6.07) is 10.2. The van der Waals surface area contributed by atoms with Crippen molar-refractivity contribution in [1.29, 1.82) is 0 Å². The van der Waals surface area contributed by atoms with Gasteiger partial charge in [-0.15, -0.1) is 0 Å². The van der Waals surface area contributed by atoms with Crippen LogP contribution in [0.1, 0.15) is 11.3 Å². The molecule has 0 bridgehead atoms. The first kappa shape index (κ1) is 12.1. The van der Waals surface area contributed by atoms with E-state index in [9.17, 15) is 0 Å². The molecule has 0 radical (unpaired) electrons. The Hall–Kier alpha value is -1.94. The second-order valence-corrected chi connectivity index (χ2v) is 4.61. The Morgan fingerprint density at radius 3 is 3.16 bits per heavy atom. The first-order valence-electron chi connectivity index (χ1n) is 6.64. The monoisotopic (exact) mass is 258 g/mol. The summed E-state index contributed by atoms with van der Waals surface area (Å²) in [6.45, 7) is 3.34. The number of anilines is 1. The molecule has 2 aromatic rings. The third-order valence-corrected chi connectivity index (χ3v) is 3.19. The molecule has 19 heavy (non-hydrogen) atoms. The summed E-state index contributed by atoms with van der Waals surface area (Å²) in [5, 5.41) is 6.73. The minimum atomic E-state index is 0.747. The molecule has 1 aliphatic rings. The topological polar surface area (TPSA) is 46.4 Å². The SMILES string of the molecule is c1coc(CNCCc2ccc3c(c2)NCCO3)c1. The molecule has 0 saturated heterocycles. The third kappa shape index (κ3) is 3.09. The Morgan fingerprint density at radius 2 is 2.26 bits per heavy atom. The predicted molar refractivity (Wildman–Crippen MR) is 74.5 cm³/mol. The zero-order chi connectivity index (χ0) is 12.9. The summed E-state index contributed by atoms with van der Waals surface area (Å²) in [6.07, 6.45) is 2.70. The second kappa shape index (κ2) is 5.80. The average Bonchev–Trinajstić information content (AvgIpc) is 2.97. The number of ether oxygens (including phenoxy) is 1. The number of benzene rings is 1. The summed E-state index contributed by atoms with van der Waals surface area (Å²) in [4.78, 5) is 0. The first-order chi connectivity index (χ1) is 9.42. The van der Waals surface area contributed by atoms with Crippen LogP contribution in [0.3, 0.4) is 0 Å². The van der Waals surface area contributed by atoms with E-state index in [0.717, 1.165) is 49.9 Å². The van der Waals surface area contributed by atoms with E-state index < -0.39 is 0 Å². The molecule has 3 rings (SSSR count). The van der Waals surface area contributed by atoms with Gasteiger partial charge in [0.25, 0.3) is 0 Å². The molecule has 2 N–H and O–H groups in total. The molecular formula is C15H18N2O2. The van der Waals surface area contributed by atoms with Crippen molar-refractivity contribution in [1.82, 2.24) is 5.32 Å². The molecular weight excluding hydrogens is 240 g/mol. The maximum atomic E-state index is 5.56. The zero-order valence-electron chi connectivity index (χ0n) is 10.8. The van der Waals surface area contributed by atoms with E-state index in [4.69, 9.17) is 9.15 Å². The highest BCUT2D eigenvalue weighted by Gasteiger charge is 2.09. The molecule has 0 saturated carbocycles. The highest BCUT2D eigenvalue weighted by molar-refractivity contribution is 5.59. The molecule has 1 aromatic carbocycles. The van der Waals surface area contributed by atoms with Crippen LogP contribution in [-0.4, -0.2) is 19.7 Å². The van der Waals surface area contributed by atoms with Crippen LogP contribution in [0.2, 0.25) is 0 Å². The largest absolute Gasteiger partial charge is 0.490 e. The number of hydrogen-bond donors (Lipinski definition) is 2. The summed E-state index contributed by atoms with van der Waals surface area (Å²) in [5.41, 5.74) is 2.42. The van der Waals surface area contributed by atoms with E-state index in [-0.39, 0.29) is 0 Å². The van der Waals surface area contributed by atoms with Crippen molar-refractivity contribution in [2.75, 3.05) is 25.0 Å². The number of furan rings is 1. The molecule has 1 aromatic heterocycles. The van der Waals surface area contributed by atoms with Gasteiger partial charge in [-0.2, -0.15) is 0 Å². The van der Waals surface area contributed by atoms with Crippen LogP contribution in [-0.2, 0) is 13.0 Å². The summed E-state index contributed by atoms with van der Waals surface area (Å²) >= 11 is 0. The first-order valence-corrected chi connectivity index (χ1v) is 6.64. The van der Waals surface area contributed by atoms with Crippen LogP contribution in [0.15, 0.2) is 41.0 Å². The smallest absolute Gasteiger partial charge is 0.142 e. The molecule has 100 valence electrons. The van der Waals surface area contributed by atoms with Gasteiger partial charge in [0.1, 0.15) is 18.1 Å². The quantitative estimate of drug-likeness (QED) is 0.809. The third-order valence-electron chi connectivity index (χ3n) is 3.19. The van der Waals surface area contributed by atoms with Crippen molar-refractivity contribution in [2.24, 2.45) is 0 Å². The Kier molecular flexibility index (Phi) is 3.70. The lowest BCUT2D eigenvalue weighted by Gasteiger charge is -2.19. The fourth-order valence-electron chi connectivity index (χ4n) is 2.20. The van der Waals surface area contributed by atoms with E-state index in [0.29, 0.717) is 0 Å². The lowest BCUT2D eigenvalue weighted by atomic mass is 10.1. The Balaban J connectivity index is 1.50. The Labute approximate surface area is 112 Å². The highest BCUT2D eigenvalue weighted by atomic mass is 16.5. The number of hydrogen-bond acceptors (Lipinski definition) is 4. The van der Waals surface area contributed by atoms with E-state index in [2.05, 4.69) is 22.8 Å². The molecule has 0 atom stereocenters. The van der Waals surface area contributed by atoms with Crippen LogP contribution in [0.25, 0.3) is 0 Å². The molecule has 2 heterocycles. The van der Waals surface area contributed by atoms with E-state index in [1.54, 1.807) is 6.26 Å². The van der Waals surface area contributed by atoms with Crippen LogP contribution in [0, 0.1) is 0 Å². The Morgan fingerprint density at radius 1 is 1.26 bits per heavy atom. The van der Waals surface area contributed by atoms with E-state index in [1.807, 2.05) is 18.2 Å². The average molecular weight is 258 g/mol. The fourth-order valence-corrected chi connectivity index (χ4v) is 2.20. The van der Waals surface area contributed by atoms with Gasteiger partial charge in [0.15, 0.2) is 0 Å². The molecule has 4 heteroatoms. The normalized spacial score (nSPS) is 13.5. The maximum absolute atomic E-state index is 5.56. The summed E-state index contributed by atoms with van der Waals surface area (Å²) in [7, 11) is 0. The zero-order valence-corrected chi connectivity index (χ0v) is 10.8.